The number of hydrogen-bond donors (Lipinski definition) is 2. The van der Waals surface area contributed by atoms with E-state index in [4.69, 9.17) is 4.42 Å². The lowest BCUT2D eigenvalue weighted by atomic mass is 9.95. The second kappa shape index (κ2) is 8.34. The Kier molecular flexibility index (Phi) is 5.46. The zero-order valence-electron chi connectivity index (χ0n) is 16.0. The van der Waals surface area contributed by atoms with Crippen LogP contribution in [0.5, 0.6) is 0 Å². The standard InChI is InChI=1S/C22H23N3O4/c26-20(23-18(21(27)28)14-15-6-2-1-3-7-15)16-10-12-25(13-11-16)22-24-17-8-4-5-9-19(17)29-22/h1-9,16,18H,10-14H2,(H,23,26)(H,27,28)/t18-/m0/s1. The van der Waals surface area contributed by atoms with Crippen LogP contribution in [-0.4, -0.2) is 41.1 Å². The molecule has 0 aliphatic carbocycles. The van der Waals surface area contributed by atoms with Crippen molar-refractivity contribution >= 4 is 29.0 Å². The van der Waals surface area contributed by atoms with E-state index in [1.54, 1.807) is 0 Å². The third kappa shape index (κ3) is 4.39. The third-order valence-electron chi connectivity index (χ3n) is 5.32. The number of oxazole rings is 1. The molecule has 7 heteroatoms. The molecule has 1 amide bonds. The van der Waals surface area contributed by atoms with Gasteiger partial charge in [-0.25, -0.2) is 4.79 Å². The maximum atomic E-state index is 12.7. The molecular formula is C22H23N3O4. The largest absolute Gasteiger partial charge is 0.480 e. The van der Waals surface area contributed by atoms with Crippen LogP contribution >= 0.6 is 0 Å². The maximum Gasteiger partial charge on any atom is 0.326 e. The molecule has 1 saturated heterocycles. The highest BCUT2D eigenvalue weighted by atomic mass is 16.4. The number of piperidine rings is 1. The Morgan fingerprint density at radius 3 is 2.48 bits per heavy atom. The van der Waals surface area contributed by atoms with Gasteiger partial charge in [-0.3, -0.25) is 4.79 Å². The molecule has 0 saturated carbocycles. The lowest BCUT2D eigenvalue weighted by molar-refractivity contribution is -0.142. The number of aliphatic carboxylic acids is 1. The van der Waals surface area contributed by atoms with Crippen LogP contribution in [0.15, 0.2) is 59.0 Å². The normalized spacial score (nSPS) is 15.9. The minimum absolute atomic E-state index is 0.203. The fourth-order valence-corrected chi connectivity index (χ4v) is 3.67. The van der Waals surface area contributed by atoms with Gasteiger partial charge in [0.15, 0.2) is 5.58 Å². The Labute approximate surface area is 168 Å². The number of nitrogens with one attached hydrogen (secondary N) is 1. The lowest BCUT2D eigenvalue weighted by Gasteiger charge is -2.30. The molecule has 1 fully saturated rings. The topological polar surface area (TPSA) is 95.7 Å². The van der Waals surface area contributed by atoms with E-state index < -0.39 is 12.0 Å². The third-order valence-corrected chi connectivity index (χ3v) is 5.32. The van der Waals surface area contributed by atoms with Gasteiger partial charge >= 0.3 is 5.97 Å². The van der Waals surface area contributed by atoms with Crippen molar-refractivity contribution in [3.63, 3.8) is 0 Å². The summed E-state index contributed by atoms with van der Waals surface area (Å²) in [5.41, 5.74) is 2.44. The molecule has 150 valence electrons. The first-order valence-corrected chi connectivity index (χ1v) is 9.78. The number of hydrogen-bond acceptors (Lipinski definition) is 5. The summed E-state index contributed by atoms with van der Waals surface area (Å²) in [5.74, 6) is -1.44. The minimum atomic E-state index is -1.02. The van der Waals surface area contributed by atoms with Crippen molar-refractivity contribution in [2.75, 3.05) is 18.0 Å². The smallest absolute Gasteiger partial charge is 0.326 e. The van der Waals surface area contributed by atoms with Crippen molar-refractivity contribution < 1.29 is 19.1 Å². The van der Waals surface area contributed by atoms with E-state index in [1.165, 1.54) is 0 Å². The number of aromatic nitrogens is 1. The average Bonchev–Trinajstić information content (AvgIpc) is 3.18. The quantitative estimate of drug-likeness (QED) is 0.669. The molecule has 2 aromatic carbocycles. The van der Waals surface area contributed by atoms with Gasteiger partial charge < -0.3 is 19.7 Å². The lowest BCUT2D eigenvalue weighted by Crippen LogP contribution is -2.47. The summed E-state index contributed by atoms with van der Waals surface area (Å²) in [6, 6.07) is 16.6. The van der Waals surface area contributed by atoms with Gasteiger partial charge in [-0.05, 0) is 30.5 Å². The summed E-state index contributed by atoms with van der Waals surface area (Å²) in [4.78, 5) is 30.8. The van der Waals surface area contributed by atoms with Crippen LogP contribution in [0.1, 0.15) is 18.4 Å². The first kappa shape index (κ1) is 19.0. The van der Waals surface area contributed by atoms with Crippen molar-refractivity contribution in [1.29, 1.82) is 0 Å². The van der Waals surface area contributed by atoms with Gasteiger partial charge in [0, 0.05) is 25.4 Å². The number of para-hydroxylation sites is 2. The number of rotatable bonds is 6. The van der Waals surface area contributed by atoms with E-state index in [2.05, 4.69) is 10.3 Å². The van der Waals surface area contributed by atoms with E-state index in [0.29, 0.717) is 31.9 Å². The summed E-state index contributed by atoms with van der Waals surface area (Å²) < 4.78 is 5.80. The number of carboxylic acid groups (broad SMARTS) is 1. The number of benzene rings is 2. The molecule has 2 N–H and O–H groups in total. The van der Waals surface area contributed by atoms with Crippen molar-refractivity contribution in [1.82, 2.24) is 10.3 Å². The van der Waals surface area contributed by atoms with E-state index in [1.807, 2.05) is 59.5 Å². The predicted molar refractivity (Wildman–Crippen MR) is 109 cm³/mol. The monoisotopic (exact) mass is 393 g/mol. The second-order valence-corrected chi connectivity index (χ2v) is 7.31. The van der Waals surface area contributed by atoms with E-state index >= 15 is 0 Å². The van der Waals surface area contributed by atoms with Crippen LogP contribution in [0, 0.1) is 5.92 Å². The van der Waals surface area contributed by atoms with Crippen LogP contribution in [-0.2, 0) is 16.0 Å². The molecule has 29 heavy (non-hydrogen) atoms. The fraction of sp³-hybridized carbons (Fsp3) is 0.318. The van der Waals surface area contributed by atoms with Crippen LogP contribution in [0.3, 0.4) is 0 Å². The number of fused-ring (bicyclic) bond motifs is 1. The summed E-state index contributed by atoms with van der Waals surface area (Å²) in [6.45, 7) is 1.28. The molecule has 1 aliphatic rings. The highest BCUT2D eigenvalue weighted by Crippen LogP contribution is 2.26. The van der Waals surface area contributed by atoms with Gasteiger partial charge in [0.1, 0.15) is 11.6 Å². The Morgan fingerprint density at radius 1 is 1.10 bits per heavy atom. The summed E-state index contributed by atoms with van der Waals surface area (Å²) in [6.07, 6.45) is 1.52. The average molecular weight is 393 g/mol. The van der Waals surface area contributed by atoms with Crippen molar-refractivity contribution in [3.05, 3.63) is 60.2 Å². The Balaban J connectivity index is 1.34. The van der Waals surface area contributed by atoms with Gasteiger partial charge in [-0.1, -0.05) is 42.5 Å². The van der Waals surface area contributed by atoms with Crippen molar-refractivity contribution in [2.45, 2.75) is 25.3 Å². The molecule has 2 heterocycles. The zero-order chi connectivity index (χ0) is 20.2. The minimum Gasteiger partial charge on any atom is -0.480 e. The van der Waals surface area contributed by atoms with Crippen LogP contribution in [0.4, 0.5) is 6.01 Å². The van der Waals surface area contributed by atoms with Crippen LogP contribution in [0.2, 0.25) is 0 Å². The Hall–Kier alpha value is -3.35. The Bertz CT molecular complexity index is 960. The number of carbonyl (C=O) groups is 2. The highest BCUT2D eigenvalue weighted by molar-refractivity contribution is 5.85. The first-order valence-electron chi connectivity index (χ1n) is 9.78. The zero-order valence-corrected chi connectivity index (χ0v) is 16.0. The molecule has 7 nitrogen and oxygen atoms in total. The van der Waals surface area contributed by atoms with Gasteiger partial charge in [0.25, 0.3) is 6.01 Å². The number of carboxylic acids is 1. The molecule has 0 radical (unpaired) electrons. The Morgan fingerprint density at radius 2 is 1.79 bits per heavy atom. The molecule has 0 unspecified atom stereocenters. The fourth-order valence-electron chi connectivity index (χ4n) is 3.67. The molecule has 1 aromatic heterocycles. The molecule has 0 spiro atoms. The summed E-state index contributed by atoms with van der Waals surface area (Å²) in [5, 5.41) is 12.2. The van der Waals surface area contributed by atoms with Crippen molar-refractivity contribution in [2.24, 2.45) is 5.92 Å². The van der Waals surface area contributed by atoms with E-state index in [0.717, 1.165) is 16.7 Å². The number of carbonyl (C=O) groups excluding carboxylic acids is 1. The predicted octanol–water partition coefficient (Wildman–Crippen LogP) is 2.86. The molecule has 4 rings (SSSR count). The SMILES string of the molecule is O=C(N[C@@H](Cc1ccccc1)C(=O)O)C1CCN(c2nc3ccccc3o2)CC1. The summed E-state index contributed by atoms with van der Waals surface area (Å²) >= 11 is 0. The van der Waals surface area contributed by atoms with Gasteiger partial charge in [0.05, 0.1) is 0 Å². The highest BCUT2D eigenvalue weighted by Gasteiger charge is 2.30. The number of nitrogens with zero attached hydrogens (tertiary/aromatic N) is 2. The molecule has 1 atom stereocenters. The second-order valence-electron chi connectivity index (χ2n) is 7.31. The molecule has 1 aliphatic heterocycles. The van der Waals surface area contributed by atoms with Crippen LogP contribution in [0.25, 0.3) is 11.1 Å². The van der Waals surface area contributed by atoms with Crippen LogP contribution < -0.4 is 10.2 Å². The number of anilines is 1. The molecule has 0 bridgehead atoms. The summed E-state index contributed by atoms with van der Waals surface area (Å²) in [7, 11) is 0. The maximum absolute atomic E-state index is 12.7. The van der Waals surface area contributed by atoms with E-state index in [-0.39, 0.29) is 18.2 Å². The van der Waals surface area contributed by atoms with Gasteiger partial charge in [0.2, 0.25) is 5.91 Å². The van der Waals surface area contributed by atoms with E-state index in [9.17, 15) is 14.7 Å². The van der Waals surface area contributed by atoms with Crippen molar-refractivity contribution in [3.8, 4) is 0 Å². The molecular weight excluding hydrogens is 370 g/mol. The number of amides is 1. The molecule has 3 aromatic rings. The van der Waals surface area contributed by atoms with Gasteiger partial charge in [-0.2, -0.15) is 4.98 Å². The first-order chi connectivity index (χ1) is 14.1. The van der Waals surface area contributed by atoms with Gasteiger partial charge in [-0.15, -0.1) is 0 Å².